The molecule has 21 heavy (non-hydrogen) atoms. The Morgan fingerprint density at radius 2 is 2.19 bits per heavy atom. The number of aromatic nitrogens is 2. The number of carboxylic acids is 1. The molecule has 0 aliphatic carbocycles. The number of halogens is 1. The molecule has 0 saturated heterocycles. The van der Waals surface area contributed by atoms with Crippen LogP contribution in [0.15, 0.2) is 24.3 Å². The molecule has 2 rings (SSSR count). The van der Waals surface area contributed by atoms with Gasteiger partial charge in [0.2, 0.25) is 0 Å². The van der Waals surface area contributed by atoms with Gasteiger partial charge in [-0.25, -0.2) is 9.78 Å². The third-order valence-corrected chi connectivity index (χ3v) is 3.47. The van der Waals surface area contributed by atoms with Gasteiger partial charge in [0, 0.05) is 12.1 Å². The van der Waals surface area contributed by atoms with Crippen LogP contribution in [0.2, 0.25) is 5.15 Å². The molecule has 0 amide bonds. The lowest BCUT2D eigenvalue weighted by molar-refractivity contribution is 0.0698. The molecule has 6 heteroatoms. The number of benzene rings is 1. The van der Waals surface area contributed by atoms with E-state index in [1.807, 2.05) is 0 Å². The fourth-order valence-electron chi connectivity index (χ4n) is 2.03. The molecule has 0 aliphatic rings. The maximum Gasteiger partial charge on any atom is 0.337 e. The minimum atomic E-state index is -0.961. The molecule has 1 aromatic heterocycles. The molecule has 0 bridgehead atoms. The number of carbonyl (C=O) groups is 1. The van der Waals surface area contributed by atoms with Gasteiger partial charge >= 0.3 is 5.97 Å². The van der Waals surface area contributed by atoms with E-state index < -0.39 is 5.97 Å². The Morgan fingerprint density at radius 1 is 1.43 bits per heavy atom. The van der Waals surface area contributed by atoms with Crippen molar-refractivity contribution in [3.8, 4) is 0 Å². The van der Waals surface area contributed by atoms with Crippen LogP contribution in [-0.2, 0) is 13.0 Å². The summed E-state index contributed by atoms with van der Waals surface area (Å²) in [5.74, 6) is -0.0948. The van der Waals surface area contributed by atoms with E-state index in [0.717, 1.165) is 30.8 Å². The Morgan fingerprint density at radius 3 is 2.90 bits per heavy atom. The Labute approximate surface area is 128 Å². The summed E-state index contributed by atoms with van der Waals surface area (Å²) in [6, 6.07) is 6.77. The normalized spacial score (nSPS) is 10.6. The van der Waals surface area contributed by atoms with Crippen molar-refractivity contribution >= 4 is 23.3 Å². The SMILES string of the molecule is CCCCc1nc(Cl)c(CNc2ccccc2C(=O)O)[nH]1. The summed E-state index contributed by atoms with van der Waals surface area (Å²) >= 11 is 6.09. The first-order chi connectivity index (χ1) is 10.1. The van der Waals surface area contributed by atoms with Crippen molar-refractivity contribution in [1.29, 1.82) is 0 Å². The van der Waals surface area contributed by atoms with Gasteiger partial charge in [0.1, 0.15) is 5.82 Å². The Balaban J connectivity index is 2.06. The fourth-order valence-corrected chi connectivity index (χ4v) is 2.24. The highest BCUT2D eigenvalue weighted by atomic mass is 35.5. The molecule has 1 heterocycles. The van der Waals surface area contributed by atoms with Gasteiger partial charge in [0.15, 0.2) is 5.15 Å². The summed E-state index contributed by atoms with van der Waals surface area (Å²) in [4.78, 5) is 18.6. The number of hydrogen-bond acceptors (Lipinski definition) is 3. The van der Waals surface area contributed by atoms with Crippen molar-refractivity contribution in [3.05, 3.63) is 46.5 Å². The number of imidazole rings is 1. The fraction of sp³-hybridized carbons (Fsp3) is 0.333. The Bertz CT molecular complexity index is 625. The first kappa shape index (κ1) is 15.4. The molecule has 0 unspecified atom stereocenters. The van der Waals surface area contributed by atoms with Crippen LogP contribution in [0.25, 0.3) is 0 Å². The van der Waals surface area contributed by atoms with Gasteiger partial charge in [-0.05, 0) is 18.6 Å². The zero-order valence-corrected chi connectivity index (χ0v) is 12.6. The maximum atomic E-state index is 11.1. The second-order valence-corrected chi connectivity index (χ2v) is 5.12. The van der Waals surface area contributed by atoms with Crippen LogP contribution in [0, 0.1) is 0 Å². The van der Waals surface area contributed by atoms with Crippen molar-refractivity contribution in [2.75, 3.05) is 5.32 Å². The summed E-state index contributed by atoms with van der Waals surface area (Å²) < 4.78 is 0. The standard InChI is InChI=1S/C15H18ClN3O2/c1-2-3-8-13-18-12(14(16)19-13)9-17-11-7-5-4-6-10(11)15(20)21/h4-7,17H,2-3,8-9H2,1H3,(H,18,19)(H,20,21). The summed E-state index contributed by atoms with van der Waals surface area (Å²) in [6.45, 7) is 2.53. The average molecular weight is 308 g/mol. The van der Waals surface area contributed by atoms with Crippen LogP contribution in [0.1, 0.15) is 41.6 Å². The first-order valence-corrected chi connectivity index (χ1v) is 7.29. The predicted octanol–water partition coefficient (Wildman–Crippen LogP) is 3.72. The average Bonchev–Trinajstić information content (AvgIpc) is 2.83. The van der Waals surface area contributed by atoms with Crippen LogP contribution >= 0.6 is 11.6 Å². The summed E-state index contributed by atoms with van der Waals surface area (Å²) in [5.41, 5.74) is 1.56. The third-order valence-electron chi connectivity index (χ3n) is 3.16. The van der Waals surface area contributed by atoms with Gasteiger partial charge in [-0.2, -0.15) is 0 Å². The number of nitrogens with zero attached hydrogens (tertiary/aromatic N) is 1. The largest absolute Gasteiger partial charge is 0.478 e. The number of aromatic carboxylic acids is 1. The van der Waals surface area contributed by atoms with Gasteiger partial charge in [-0.15, -0.1) is 0 Å². The quantitative estimate of drug-likeness (QED) is 0.728. The van der Waals surface area contributed by atoms with Crippen molar-refractivity contribution in [1.82, 2.24) is 9.97 Å². The van der Waals surface area contributed by atoms with Gasteiger partial charge < -0.3 is 15.4 Å². The van der Waals surface area contributed by atoms with E-state index in [9.17, 15) is 4.79 Å². The molecule has 0 radical (unpaired) electrons. The van der Waals surface area contributed by atoms with Gasteiger partial charge in [-0.3, -0.25) is 0 Å². The summed E-state index contributed by atoms with van der Waals surface area (Å²) in [5, 5.41) is 12.6. The van der Waals surface area contributed by atoms with E-state index >= 15 is 0 Å². The number of carboxylic acid groups (broad SMARTS) is 1. The monoisotopic (exact) mass is 307 g/mol. The molecule has 3 N–H and O–H groups in total. The van der Waals surface area contributed by atoms with E-state index in [1.165, 1.54) is 0 Å². The number of aromatic amines is 1. The molecule has 0 fully saturated rings. The molecular formula is C15H18ClN3O2. The van der Waals surface area contributed by atoms with Gasteiger partial charge in [-0.1, -0.05) is 37.1 Å². The van der Waals surface area contributed by atoms with Crippen LogP contribution in [0.5, 0.6) is 0 Å². The van der Waals surface area contributed by atoms with Crippen molar-refractivity contribution in [3.63, 3.8) is 0 Å². The first-order valence-electron chi connectivity index (χ1n) is 6.91. The molecule has 0 aliphatic heterocycles. The molecule has 0 atom stereocenters. The molecule has 0 saturated carbocycles. The molecular weight excluding hydrogens is 290 g/mol. The van der Waals surface area contributed by atoms with E-state index in [2.05, 4.69) is 22.2 Å². The molecule has 1 aromatic carbocycles. The van der Waals surface area contributed by atoms with Crippen molar-refractivity contribution in [2.45, 2.75) is 32.7 Å². The number of unbranched alkanes of at least 4 members (excludes halogenated alkanes) is 1. The topological polar surface area (TPSA) is 78.0 Å². The van der Waals surface area contributed by atoms with E-state index in [-0.39, 0.29) is 5.56 Å². The minimum Gasteiger partial charge on any atom is -0.478 e. The third kappa shape index (κ3) is 3.98. The lowest BCUT2D eigenvalue weighted by Gasteiger charge is -2.08. The molecule has 2 aromatic rings. The molecule has 5 nitrogen and oxygen atoms in total. The highest BCUT2D eigenvalue weighted by molar-refractivity contribution is 6.30. The number of aryl methyl sites for hydroxylation is 1. The van der Waals surface area contributed by atoms with E-state index in [0.29, 0.717) is 17.4 Å². The summed E-state index contributed by atoms with van der Waals surface area (Å²) in [7, 11) is 0. The molecule has 112 valence electrons. The lowest BCUT2D eigenvalue weighted by atomic mass is 10.2. The zero-order valence-electron chi connectivity index (χ0n) is 11.8. The Kier molecular flexibility index (Phi) is 5.22. The number of hydrogen-bond donors (Lipinski definition) is 3. The van der Waals surface area contributed by atoms with Crippen LogP contribution in [-0.4, -0.2) is 21.0 Å². The lowest BCUT2D eigenvalue weighted by Crippen LogP contribution is -2.06. The number of para-hydroxylation sites is 1. The number of rotatable bonds is 7. The van der Waals surface area contributed by atoms with E-state index in [4.69, 9.17) is 16.7 Å². The second-order valence-electron chi connectivity index (χ2n) is 4.76. The summed E-state index contributed by atoms with van der Waals surface area (Å²) in [6.07, 6.45) is 3.01. The minimum absolute atomic E-state index is 0.236. The van der Waals surface area contributed by atoms with Crippen LogP contribution < -0.4 is 5.32 Å². The maximum absolute atomic E-state index is 11.1. The molecule has 0 spiro atoms. The second kappa shape index (κ2) is 7.13. The van der Waals surface area contributed by atoms with E-state index in [1.54, 1.807) is 24.3 Å². The number of nitrogens with one attached hydrogen (secondary N) is 2. The number of anilines is 1. The predicted molar refractivity (Wildman–Crippen MR) is 82.9 cm³/mol. The van der Waals surface area contributed by atoms with Gasteiger partial charge in [0.25, 0.3) is 0 Å². The highest BCUT2D eigenvalue weighted by Gasteiger charge is 2.11. The van der Waals surface area contributed by atoms with Gasteiger partial charge in [0.05, 0.1) is 17.8 Å². The van der Waals surface area contributed by atoms with Crippen molar-refractivity contribution in [2.24, 2.45) is 0 Å². The van der Waals surface area contributed by atoms with Crippen LogP contribution in [0.4, 0.5) is 5.69 Å². The van der Waals surface area contributed by atoms with Crippen LogP contribution in [0.3, 0.4) is 0 Å². The Hall–Kier alpha value is -2.01. The highest BCUT2D eigenvalue weighted by Crippen LogP contribution is 2.19. The number of H-pyrrole nitrogens is 1. The smallest absolute Gasteiger partial charge is 0.337 e. The van der Waals surface area contributed by atoms with Crippen molar-refractivity contribution < 1.29 is 9.90 Å². The zero-order chi connectivity index (χ0) is 15.2.